The van der Waals surface area contributed by atoms with Gasteiger partial charge in [-0.15, -0.1) is 0 Å². The van der Waals surface area contributed by atoms with Gasteiger partial charge < -0.3 is 9.64 Å². The first-order valence-corrected chi connectivity index (χ1v) is 5.62. The third kappa shape index (κ3) is 1.53. The molecule has 0 saturated carbocycles. The quantitative estimate of drug-likeness (QED) is 0.673. The van der Waals surface area contributed by atoms with Crippen molar-refractivity contribution in [2.24, 2.45) is 4.99 Å². The fourth-order valence-electron chi connectivity index (χ4n) is 2.11. The lowest BCUT2D eigenvalue weighted by atomic mass is 10.2. The maximum atomic E-state index is 11.6. The number of rotatable bonds is 2. The lowest BCUT2D eigenvalue weighted by Crippen LogP contribution is -2.20. The fraction of sp³-hybridized carbons (Fsp3) is 0.231. The fourth-order valence-corrected chi connectivity index (χ4v) is 2.11. The van der Waals surface area contributed by atoms with Crippen LogP contribution in [0.5, 0.6) is 0 Å². The monoisotopic (exact) mass is 228 g/mol. The number of fused-ring (bicyclic) bond motifs is 3. The van der Waals surface area contributed by atoms with E-state index in [-0.39, 0.29) is 12.0 Å². The van der Waals surface area contributed by atoms with Crippen molar-refractivity contribution in [2.75, 3.05) is 6.61 Å². The van der Waals surface area contributed by atoms with Crippen LogP contribution in [0.4, 0.5) is 0 Å². The molecule has 0 saturated heterocycles. The molecule has 2 aliphatic heterocycles. The molecule has 0 aromatic carbocycles. The zero-order valence-corrected chi connectivity index (χ0v) is 9.46. The number of amidine groups is 1. The van der Waals surface area contributed by atoms with E-state index in [1.165, 1.54) is 0 Å². The van der Waals surface area contributed by atoms with E-state index in [1.807, 2.05) is 41.5 Å². The molecule has 3 rings (SSSR count). The summed E-state index contributed by atoms with van der Waals surface area (Å²) in [6, 6.07) is -0.0446. The summed E-state index contributed by atoms with van der Waals surface area (Å²) in [6.45, 7) is 2.20. The Morgan fingerprint density at radius 1 is 1.53 bits per heavy atom. The van der Waals surface area contributed by atoms with E-state index >= 15 is 0 Å². The molecule has 1 atom stereocenters. The second-order valence-corrected chi connectivity index (χ2v) is 3.91. The van der Waals surface area contributed by atoms with Gasteiger partial charge in [0.25, 0.3) is 0 Å². The first-order valence-electron chi connectivity index (χ1n) is 5.62. The first kappa shape index (κ1) is 10.1. The van der Waals surface area contributed by atoms with Gasteiger partial charge in [-0.05, 0) is 31.2 Å². The predicted molar refractivity (Wildman–Crippen MR) is 64.1 cm³/mol. The number of esters is 1. The van der Waals surface area contributed by atoms with E-state index in [0.717, 1.165) is 11.5 Å². The summed E-state index contributed by atoms with van der Waals surface area (Å²) in [5.41, 5.74) is 1.61. The lowest BCUT2D eigenvalue weighted by molar-refractivity contribution is -0.138. The molecule has 86 valence electrons. The number of hydrogen-bond donors (Lipinski definition) is 0. The third-order valence-corrected chi connectivity index (χ3v) is 2.84. The van der Waals surface area contributed by atoms with Gasteiger partial charge in [-0.3, -0.25) is 4.99 Å². The molecule has 4 nitrogen and oxygen atoms in total. The second kappa shape index (κ2) is 3.73. The summed E-state index contributed by atoms with van der Waals surface area (Å²) in [5, 5.41) is 0. The first-order chi connectivity index (χ1) is 8.29. The van der Waals surface area contributed by atoms with E-state index in [4.69, 9.17) is 4.74 Å². The molecule has 0 amide bonds. The molecule has 0 spiro atoms. The zero-order chi connectivity index (χ0) is 11.8. The minimum Gasteiger partial charge on any atom is -0.462 e. The van der Waals surface area contributed by atoms with Gasteiger partial charge in [-0.25, -0.2) is 4.79 Å². The van der Waals surface area contributed by atoms with Crippen LogP contribution in [0.25, 0.3) is 0 Å². The molecule has 2 heterocycles. The minimum absolute atomic E-state index is 0.0446. The lowest BCUT2D eigenvalue weighted by Gasteiger charge is -2.17. The van der Waals surface area contributed by atoms with Crippen molar-refractivity contribution in [2.45, 2.75) is 13.0 Å². The summed E-state index contributed by atoms with van der Waals surface area (Å²) in [7, 11) is 0. The average molecular weight is 228 g/mol. The summed E-state index contributed by atoms with van der Waals surface area (Å²) in [6.07, 6.45) is 11.5. The molecule has 0 bridgehead atoms. The second-order valence-electron chi connectivity index (χ2n) is 3.91. The van der Waals surface area contributed by atoms with Gasteiger partial charge >= 0.3 is 5.97 Å². The Morgan fingerprint density at radius 2 is 2.41 bits per heavy atom. The largest absolute Gasteiger partial charge is 0.462 e. The van der Waals surface area contributed by atoms with Gasteiger partial charge in [0.15, 0.2) is 0 Å². The van der Waals surface area contributed by atoms with Crippen LogP contribution in [-0.2, 0) is 9.53 Å². The van der Waals surface area contributed by atoms with E-state index in [2.05, 4.69) is 4.99 Å². The average Bonchev–Trinajstić information content (AvgIpc) is 2.86. The Morgan fingerprint density at radius 3 is 3.24 bits per heavy atom. The molecular formula is C13H12N2O2. The number of carbonyl (C=O) groups is 1. The van der Waals surface area contributed by atoms with Crippen LogP contribution in [0.3, 0.4) is 0 Å². The molecule has 0 radical (unpaired) electrons. The van der Waals surface area contributed by atoms with Crippen LogP contribution in [0, 0.1) is 0 Å². The zero-order valence-electron chi connectivity index (χ0n) is 9.46. The molecule has 3 aliphatic rings. The SMILES string of the molecule is CCOC(=O)C1=CC2N=C3C=CC=CN3C2=C1. The summed E-state index contributed by atoms with van der Waals surface area (Å²) >= 11 is 0. The van der Waals surface area contributed by atoms with Crippen molar-refractivity contribution in [3.05, 3.63) is 47.9 Å². The number of aliphatic imine (C=N–C) groups is 1. The van der Waals surface area contributed by atoms with Gasteiger partial charge in [0, 0.05) is 6.20 Å². The van der Waals surface area contributed by atoms with Crippen molar-refractivity contribution >= 4 is 11.8 Å². The Balaban J connectivity index is 1.88. The normalized spacial score (nSPS) is 23.9. The molecule has 1 unspecified atom stereocenters. The standard InChI is InChI=1S/C13H12N2O2/c1-2-17-13(16)9-7-10-11(8-9)15-6-4-3-5-12(15)14-10/h3-8,10H,2H2,1H3. The smallest absolute Gasteiger partial charge is 0.337 e. The topological polar surface area (TPSA) is 41.9 Å². The van der Waals surface area contributed by atoms with Crippen LogP contribution in [0.2, 0.25) is 0 Å². The van der Waals surface area contributed by atoms with Crippen LogP contribution < -0.4 is 0 Å². The van der Waals surface area contributed by atoms with Crippen LogP contribution in [-0.4, -0.2) is 29.4 Å². The van der Waals surface area contributed by atoms with Crippen molar-refractivity contribution in [1.82, 2.24) is 4.90 Å². The number of nitrogens with zero attached hydrogens (tertiary/aromatic N) is 2. The highest BCUT2D eigenvalue weighted by Crippen LogP contribution is 2.32. The maximum Gasteiger partial charge on any atom is 0.337 e. The Kier molecular flexibility index (Phi) is 2.21. The van der Waals surface area contributed by atoms with Gasteiger partial charge in [-0.1, -0.05) is 6.08 Å². The molecular weight excluding hydrogens is 216 g/mol. The van der Waals surface area contributed by atoms with Gasteiger partial charge in [-0.2, -0.15) is 0 Å². The predicted octanol–water partition coefficient (Wildman–Crippen LogP) is 1.54. The molecule has 0 N–H and O–H groups in total. The van der Waals surface area contributed by atoms with Crippen molar-refractivity contribution < 1.29 is 9.53 Å². The molecule has 1 aliphatic carbocycles. The molecule has 17 heavy (non-hydrogen) atoms. The van der Waals surface area contributed by atoms with Crippen molar-refractivity contribution in [3.63, 3.8) is 0 Å². The molecule has 0 aromatic rings. The number of ether oxygens (including phenoxy) is 1. The summed E-state index contributed by atoms with van der Waals surface area (Å²) in [5.74, 6) is 0.644. The number of allylic oxidation sites excluding steroid dienone is 2. The van der Waals surface area contributed by atoms with Crippen LogP contribution in [0.1, 0.15) is 6.92 Å². The Bertz CT molecular complexity index is 524. The van der Waals surface area contributed by atoms with Gasteiger partial charge in [0.05, 0.1) is 17.9 Å². The highest BCUT2D eigenvalue weighted by atomic mass is 16.5. The Hall–Kier alpha value is -2.10. The Labute approximate surface area is 99.3 Å². The minimum atomic E-state index is -0.275. The van der Waals surface area contributed by atoms with E-state index in [0.29, 0.717) is 12.2 Å². The molecule has 4 heteroatoms. The number of hydrogen-bond acceptors (Lipinski definition) is 4. The maximum absolute atomic E-state index is 11.6. The highest BCUT2D eigenvalue weighted by molar-refractivity contribution is 6.01. The van der Waals surface area contributed by atoms with Crippen molar-refractivity contribution in [1.29, 1.82) is 0 Å². The van der Waals surface area contributed by atoms with Crippen LogP contribution >= 0.6 is 0 Å². The van der Waals surface area contributed by atoms with Gasteiger partial charge in [0.1, 0.15) is 11.9 Å². The molecule has 0 fully saturated rings. The third-order valence-electron chi connectivity index (χ3n) is 2.84. The van der Waals surface area contributed by atoms with Gasteiger partial charge in [0.2, 0.25) is 0 Å². The molecule has 0 aromatic heterocycles. The van der Waals surface area contributed by atoms with Crippen LogP contribution in [0.15, 0.2) is 52.8 Å². The van der Waals surface area contributed by atoms with E-state index in [1.54, 1.807) is 6.92 Å². The number of carbonyl (C=O) groups excluding carboxylic acids is 1. The van der Waals surface area contributed by atoms with E-state index < -0.39 is 0 Å². The summed E-state index contributed by atoms with van der Waals surface area (Å²) in [4.78, 5) is 18.1. The highest BCUT2D eigenvalue weighted by Gasteiger charge is 2.33. The van der Waals surface area contributed by atoms with E-state index in [9.17, 15) is 4.79 Å². The van der Waals surface area contributed by atoms with Crippen molar-refractivity contribution in [3.8, 4) is 0 Å². The summed E-state index contributed by atoms with van der Waals surface area (Å²) < 4.78 is 4.98.